The highest BCUT2D eigenvalue weighted by Gasteiger charge is 2.23. The molecule has 0 radical (unpaired) electrons. The summed E-state index contributed by atoms with van der Waals surface area (Å²) < 4.78 is 14.1. The molecule has 0 spiro atoms. The van der Waals surface area contributed by atoms with Crippen LogP contribution in [-0.4, -0.2) is 50.4 Å². The first kappa shape index (κ1) is 23.4. The zero-order valence-corrected chi connectivity index (χ0v) is 20.7. The molecule has 178 valence electrons. The van der Waals surface area contributed by atoms with Gasteiger partial charge in [0.1, 0.15) is 28.2 Å². The number of hydrogen-bond acceptors (Lipinski definition) is 9. The average Bonchev–Trinajstić information content (AvgIpc) is 3.64. The Morgan fingerprint density at radius 2 is 2.09 bits per heavy atom. The summed E-state index contributed by atoms with van der Waals surface area (Å²) in [4.78, 5) is 4.51. The summed E-state index contributed by atoms with van der Waals surface area (Å²) in [6.07, 6.45) is 2.10. The monoisotopic (exact) mass is 505 g/mol. The van der Waals surface area contributed by atoms with Gasteiger partial charge in [0, 0.05) is 12.2 Å². The van der Waals surface area contributed by atoms with Crippen molar-refractivity contribution in [3.8, 4) is 23.2 Å². The van der Waals surface area contributed by atoms with Crippen molar-refractivity contribution < 1.29 is 14.6 Å². The number of aliphatic hydroxyl groups is 1. The molecule has 35 heavy (non-hydrogen) atoms. The maximum absolute atomic E-state index is 10.8. The first-order valence-electron chi connectivity index (χ1n) is 11.2. The molecule has 1 aliphatic rings. The topological polar surface area (TPSA) is 106 Å². The number of benzene rings is 2. The van der Waals surface area contributed by atoms with E-state index in [0.29, 0.717) is 16.7 Å². The number of aromatic nitrogens is 4. The third-order valence-electron chi connectivity index (χ3n) is 5.72. The van der Waals surface area contributed by atoms with E-state index in [2.05, 4.69) is 21.3 Å². The smallest absolute Gasteiger partial charge is 0.192 e. The molecule has 4 aromatic rings. The molecule has 2 aromatic carbocycles. The van der Waals surface area contributed by atoms with Gasteiger partial charge in [-0.2, -0.15) is 5.26 Å². The van der Waals surface area contributed by atoms with Gasteiger partial charge in [0.15, 0.2) is 11.0 Å². The predicted octanol–water partition coefficient (Wildman–Crippen LogP) is 5.33. The molecule has 0 saturated carbocycles. The van der Waals surface area contributed by atoms with Gasteiger partial charge in [-0.3, -0.25) is 4.57 Å². The molecule has 2 aromatic heterocycles. The number of hydrogen-bond donors (Lipinski definition) is 1. The molecule has 1 aliphatic heterocycles. The minimum Gasteiger partial charge on any atom is -0.510 e. The first-order valence-corrected chi connectivity index (χ1v) is 13.0. The first-order chi connectivity index (χ1) is 17.2. The van der Waals surface area contributed by atoms with Crippen LogP contribution in [0.1, 0.15) is 17.8 Å². The molecule has 10 heteroatoms. The van der Waals surface area contributed by atoms with Gasteiger partial charge in [-0.25, -0.2) is 4.98 Å². The predicted molar refractivity (Wildman–Crippen MR) is 136 cm³/mol. The van der Waals surface area contributed by atoms with E-state index in [1.165, 1.54) is 23.1 Å². The second-order valence-corrected chi connectivity index (χ2v) is 9.96. The molecule has 5 rings (SSSR count). The Morgan fingerprint density at radius 1 is 1.26 bits per heavy atom. The van der Waals surface area contributed by atoms with Gasteiger partial charge in [0.2, 0.25) is 0 Å². The molecular weight excluding hydrogens is 482 g/mol. The Kier molecular flexibility index (Phi) is 6.99. The number of nitriles is 1. The number of fused-ring (bicyclic) bond motifs is 1. The number of allylic oxidation sites excluding steroid dienone is 1. The molecule has 0 aliphatic carbocycles. The van der Waals surface area contributed by atoms with E-state index in [1.54, 1.807) is 7.11 Å². The molecule has 1 unspecified atom stereocenters. The van der Waals surface area contributed by atoms with Crippen LogP contribution in [0.2, 0.25) is 0 Å². The second-order valence-electron chi connectivity index (χ2n) is 7.99. The van der Waals surface area contributed by atoms with E-state index in [4.69, 9.17) is 9.47 Å². The second kappa shape index (κ2) is 10.5. The summed E-state index contributed by atoms with van der Waals surface area (Å²) in [5, 5.41) is 30.6. The summed E-state index contributed by atoms with van der Waals surface area (Å²) in [6, 6.07) is 17.5. The molecule has 0 bridgehead atoms. The van der Waals surface area contributed by atoms with Crippen molar-refractivity contribution in [1.82, 2.24) is 19.7 Å². The van der Waals surface area contributed by atoms with E-state index in [1.807, 2.05) is 53.1 Å². The molecule has 1 N–H and O–H groups in total. The van der Waals surface area contributed by atoms with Crippen LogP contribution in [0, 0.1) is 11.3 Å². The van der Waals surface area contributed by atoms with E-state index >= 15 is 0 Å². The number of thiazole rings is 1. The van der Waals surface area contributed by atoms with Gasteiger partial charge in [0.05, 0.1) is 35.7 Å². The normalized spacial score (nSPS) is 16.3. The minimum absolute atomic E-state index is 0.0331. The fourth-order valence-corrected chi connectivity index (χ4v) is 5.73. The number of thioether (sulfide) groups is 1. The van der Waals surface area contributed by atoms with Gasteiger partial charge < -0.3 is 14.6 Å². The molecule has 1 atom stereocenters. The maximum atomic E-state index is 10.8. The SMILES string of the molecule is COc1ccc(-c2nnc(SC/C(O)=C(\C#N)c3nc4ccccc4s3)n2CC2CCCO2)cc1. The molecule has 1 fully saturated rings. The van der Waals surface area contributed by atoms with Crippen molar-refractivity contribution in [2.24, 2.45) is 0 Å². The third kappa shape index (κ3) is 5.03. The van der Waals surface area contributed by atoms with Crippen molar-refractivity contribution in [1.29, 1.82) is 5.26 Å². The van der Waals surface area contributed by atoms with Crippen LogP contribution in [0.3, 0.4) is 0 Å². The summed E-state index contributed by atoms with van der Waals surface area (Å²) in [5.41, 5.74) is 1.90. The standard InChI is InChI=1S/C25H23N5O3S2/c1-32-17-10-8-16(9-11-17)23-28-29-25(30(23)14-18-5-4-12-33-18)34-15-21(31)19(13-26)24-27-20-6-2-3-7-22(20)35-24/h2-3,6-11,18,31H,4-5,12,14-15H2,1H3/b21-19-. The number of nitrogens with zero attached hydrogens (tertiary/aromatic N) is 5. The lowest BCUT2D eigenvalue weighted by atomic mass is 10.2. The zero-order chi connectivity index (χ0) is 24.2. The van der Waals surface area contributed by atoms with E-state index < -0.39 is 0 Å². The summed E-state index contributed by atoms with van der Waals surface area (Å²) in [6.45, 7) is 1.37. The summed E-state index contributed by atoms with van der Waals surface area (Å²) in [7, 11) is 1.63. The minimum atomic E-state index is -0.0331. The van der Waals surface area contributed by atoms with Gasteiger partial charge in [-0.05, 0) is 49.2 Å². The van der Waals surface area contributed by atoms with Gasteiger partial charge in [-0.15, -0.1) is 21.5 Å². The lowest BCUT2D eigenvalue weighted by Gasteiger charge is -2.15. The number of para-hydroxylation sites is 1. The van der Waals surface area contributed by atoms with E-state index in [9.17, 15) is 10.4 Å². The number of methoxy groups -OCH3 is 1. The van der Waals surface area contributed by atoms with Crippen molar-refractivity contribution in [3.63, 3.8) is 0 Å². The van der Waals surface area contributed by atoms with Gasteiger partial charge in [-0.1, -0.05) is 23.9 Å². The average molecular weight is 506 g/mol. The zero-order valence-electron chi connectivity index (χ0n) is 19.0. The number of aliphatic hydroxyl groups excluding tert-OH is 1. The molecule has 3 heterocycles. The van der Waals surface area contributed by atoms with Crippen molar-refractivity contribution in [2.45, 2.75) is 30.6 Å². The lowest BCUT2D eigenvalue weighted by Crippen LogP contribution is -2.16. The Hall–Kier alpha value is -3.39. The Balaban J connectivity index is 1.42. The quantitative estimate of drug-likeness (QED) is 0.195. The molecule has 0 amide bonds. The van der Waals surface area contributed by atoms with Crippen LogP contribution in [0.25, 0.3) is 27.2 Å². The molecule has 8 nitrogen and oxygen atoms in total. The maximum Gasteiger partial charge on any atom is 0.192 e. The van der Waals surface area contributed by atoms with E-state index in [0.717, 1.165) is 46.8 Å². The number of rotatable bonds is 8. The van der Waals surface area contributed by atoms with Crippen molar-refractivity contribution >= 4 is 38.9 Å². The van der Waals surface area contributed by atoms with Crippen LogP contribution in [0.5, 0.6) is 5.75 Å². The lowest BCUT2D eigenvalue weighted by molar-refractivity contribution is 0.0953. The number of ether oxygens (including phenoxy) is 2. The Labute approximate surface area is 210 Å². The highest BCUT2D eigenvalue weighted by atomic mass is 32.2. The van der Waals surface area contributed by atoms with Crippen LogP contribution >= 0.6 is 23.1 Å². The van der Waals surface area contributed by atoms with Crippen molar-refractivity contribution in [2.75, 3.05) is 19.5 Å². The molecular formula is C25H23N5O3S2. The fourth-order valence-electron chi connectivity index (χ4n) is 3.93. The van der Waals surface area contributed by atoms with Crippen LogP contribution in [-0.2, 0) is 11.3 Å². The van der Waals surface area contributed by atoms with E-state index in [-0.39, 0.29) is 23.2 Å². The summed E-state index contributed by atoms with van der Waals surface area (Å²) in [5.74, 6) is 1.63. The largest absolute Gasteiger partial charge is 0.510 e. The van der Waals surface area contributed by atoms with Crippen molar-refractivity contribution in [3.05, 3.63) is 59.3 Å². The Bertz CT molecular complexity index is 1370. The summed E-state index contributed by atoms with van der Waals surface area (Å²) >= 11 is 2.72. The fraction of sp³-hybridized carbons (Fsp3) is 0.280. The molecule has 1 saturated heterocycles. The Morgan fingerprint density at radius 3 is 2.80 bits per heavy atom. The van der Waals surface area contributed by atoms with Crippen LogP contribution in [0.4, 0.5) is 0 Å². The van der Waals surface area contributed by atoms with Gasteiger partial charge in [0.25, 0.3) is 0 Å². The van der Waals surface area contributed by atoms with Gasteiger partial charge >= 0.3 is 0 Å². The van der Waals surface area contributed by atoms with Crippen LogP contribution < -0.4 is 4.74 Å². The highest BCUT2D eigenvalue weighted by molar-refractivity contribution is 7.99. The van der Waals surface area contributed by atoms with Crippen LogP contribution in [0.15, 0.2) is 59.4 Å². The highest BCUT2D eigenvalue weighted by Crippen LogP contribution is 2.31. The third-order valence-corrected chi connectivity index (χ3v) is 7.75.